The minimum absolute atomic E-state index is 0.0961. The fourth-order valence-corrected chi connectivity index (χ4v) is 1.64. The molecule has 0 amide bonds. The summed E-state index contributed by atoms with van der Waals surface area (Å²) in [7, 11) is 1.66. The Morgan fingerprint density at radius 2 is 2.05 bits per heavy atom. The summed E-state index contributed by atoms with van der Waals surface area (Å²) in [6.07, 6.45) is 2.41. The predicted molar refractivity (Wildman–Crippen MR) is 72.4 cm³/mol. The van der Waals surface area contributed by atoms with Gasteiger partial charge in [0.15, 0.2) is 0 Å². The van der Waals surface area contributed by atoms with Gasteiger partial charge < -0.3 is 15.7 Å². The van der Waals surface area contributed by atoms with Crippen LogP contribution in [0.4, 0.5) is 17.5 Å². The van der Waals surface area contributed by atoms with Gasteiger partial charge in [0.2, 0.25) is 11.8 Å². The normalized spacial score (nSPS) is 10.3. The molecule has 1 aromatic rings. The van der Waals surface area contributed by atoms with Crippen molar-refractivity contribution in [2.24, 2.45) is 0 Å². The van der Waals surface area contributed by atoms with Crippen LogP contribution in [-0.4, -0.2) is 40.2 Å². The van der Waals surface area contributed by atoms with Crippen LogP contribution in [0.15, 0.2) is 0 Å². The molecule has 0 aromatic carbocycles. The van der Waals surface area contributed by atoms with Crippen LogP contribution >= 0.6 is 0 Å². The molecule has 0 fully saturated rings. The van der Waals surface area contributed by atoms with Gasteiger partial charge in [0.25, 0.3) is 0 Å². The van der Waals surface area contributed by atoms with Gasteiger partial charge in [-0.25, -0.2) is 4.98 Å². The molecule has 8 nitrogen and oxygen atoms in total. The van der Waals surface area contributed by atoms with Crippen LogP contribution in [-0.2, 0) is 0 Å². The van der Waals surface area contributed by atoms with Gasteiger partial charge in [0.1, 0.15) is 5.69 Å². The highest BCUT2D eigenvalue weighted by molar-refractivity contribution is 5.60. The smallest absolute Gasteiger partial charge is 0.332 e. The number of hydrogen-bond acceptors (Lipinski definition) is 7. The molecule has 0 atom stereocenters. The van der Waals surface area contributed by atoms with Gasteiger partial charge in [0.05, 0.1) is 4.92 Å². The maximum Gasteiger partial charge on any atom is 0.332 e. The van der Waals surface area contributed by atoms with Gasteiger partial charge in [-0.2, -0.15) is 4.98 Å². The third-order valence-electron chi connectivity index (χ3n) is 2.59. The second kappa shape index (κ2) is 7.47. The van der Waals surface area contributed by atoms with E-state index in [2.05, 4.69) is 20.6 Å². The second-order valence-electron chi connectivity index (χ2n) is 4.05. The number of aliphatic hydroxyl groups excluding tert-OH is 1. The maximum absolute atomic E-state index is 11.0. The van der Waals surface area contributed by atoms with Crippen LogP contribution in [0.3, 0.4) is 0 Å². The van der Waals surface area contributed by atoms with Crippen LogP contribution in [0.25, 0.3) is 0 Å². The van der Waals surface area contributed by atoms with Gasteiger partial charge in [-0.1, -0.05) is 0 Å². The average molecular weight is 269 g/mol. The Morgan fingerprint density at radius 3 is 2.63 bits per heavy atom. The van der Waals surface area contributed by atoms with Gasteiger partial charge in [0, 0.05) is 20.2 Å². The molecule has 0 saturated heterocycles. The third kappa shape index (κ3) is 4.32. The highest BCUT2D eigenvalue weighted by Crippen LogP contribution is 2.26. The van der Waals surface area contributed by atoms with E-state index in [-0.39, 0.29) is 18.1 Å². The fourth-order valence-electron chi connectivity index (χ4n) is 1.64. The molecule has 106 valence electrons. The van der Waals surface area contributed by atoms with Crippen LogP contribution in [0, 0.1) is 17.0 Å². The topological polar surface area (TPSA) is 113 Å². The summed E-state index contributed by atoms with van der Waals surface area (Å²) >= 11 is 0. The van der Waals surface area contributed by atoms with E-state index < -0.39 is 4.92 Å². The van der Waals surface area contributed by atoms with Crippen molar-refractivity contribution in [1.82, 2.24) is 9.97 Å². The van der Waals surface area contributed by atoms with Gasteiger partial charge in [-0.15, -0.1) is 0 Å². The zero-order chi connectivity index (χ0) is 14.3. The predicted octanol–water partition coefficient (Wildman–Crippen LogP) is 1.31. The molecule has 0 aliphatic carbocycles. The molecule has 0 spiro atoms. The first-order valence-electron chi connectivity index (χ1n) is 6.15. The molecule has 1 aromatic heterocycles. The van der Waals surface area contributed by atoms with E-state index in [1.54, 1.807) is 14.0 Å². The second-order valence-corrected chi connectivity index (χ2v) is 4.05. The van der Waals surface area contributed by atoms with Crippen molar-refractivity contribution in [2.75, 3.05) is 30.8 Å². The van der Waals surface area contributed by atoms with Crippen molar-refractivity contribution in [3.8, 4) is 0 Å². The molecule has 0 radical (unpaired) electrons. The number of aryl methyl sites for hydroxylation is 1. The Labute approximate surface area is 111 Å². The van der Waals surface area contributed by atoms with Crippen LogP contribution in [0.2, 0.25) is 0 Å². The first kappa shape index (κ1) is 15.1. The number of nitrogens with zero attached hydrogens (tertiary/aromatic N) is 3. The molecule has 3 N–H and O–H groups in total. The molecular formula is C11H19N5O3. The highest BCUT2D eigenvalue weighted by Gasteiger charge is 2.21. The number of aromatic nitrogens is 2. The first-order chi connectivity index (χ1) is 9.10. The summed E-state index contributed by atoms with van der Waals surface area (Å²) in [5, 5.41) is 25.4. The van der Waals surface area contributed by atoms with Crippen LogP contribution in [0.1, 0.15) is 25.0 Å². The number of hydrogen-bond donors (Lipinski definition) is 3. The lowest BCUT2D eigenvalue weighted by Crippen LogP contribution is -2.10. The van der Waals surface area contributed by atoms with Gasteiger partial charge in [-0.05, 0) is 26.2 Å². The Hall–Kier alpha value is -1.96. The standard InChI is InChI=1S/C11H19N5O3/c1-8-9(16(18)19)10(15-11(12-2)14-8)13-6-4-3-5-7-17/h17H,3-7H2,1-2H3,(H2,12,13,14,15). The van der Waals surface area contributed by atoms with Crippen molar-refractivity contribution in [2.45, 2.75) is 26.2 Å². The van der Waals surface area contributed by atoms with Gasteiger partial charge in [-0.3, -0.25) is 10.1 Å². The number of anilines is 2. The largest absolute Gasteiger partial charge is 0.396 e. The minimum atomic E-state index is -0.481. The summed E-state index contributed by atoms with van der Waals surface area (Å²) in [5.74, 6) is 0.576. The van der Waals surface area contributed by atoms with E-state index in [0.29, 0.717) is 18.2 Å². The highest BCUT2D eigenvalue weighted by atomic mass is 16.6. The zero-order valence-corrected chi connectivity index (χ0v) is 11.1. The summed E-state index contributed by atoms with van der Waals surface area (Å²) < 4.78 is 0. The lowest BCUT2D eigenvalue weighted by Gasteiger charge is -2.09. The molecule has 0 saturated carbocycles. The van der Waals surface area contributed by atoms with Crippen molar-refractivity contribution in [3.05, 3.63) is 15.8 Å². The Kier molecular flexibility index (Phi) is 5.94. The summed E-state index contributed by atoms with van der Waals surface area (Å²) in [6.45, 7) is 2.31. The van der Waals surface area contributed by atoms with E-state index in [0.717, 1.165) is 19.3 Å². The number of rotatable bonds is 8. The van der Waals surface area contributed by atoms with E-state index in [4.69, 9.17) is 5.11 Å². The van der Waals surface area contributed by atoms with Crippen LogP contribution in [0.5, 0.6) is 0 Å². The Balaban J connectivity index is 2.78. The van der Waals surface area contributed by atoms with E-state index >= 15 is 0 Å². The molecule has 8 heteroatoms. The maximum atomic E-state index is 11.0. The number of nitro groups is 1. The molecule has 19 heavy (non-hydrogen) atoms. The quantitative estimate of drug-likeness (QED) is 0.370. The monoisotopic (exact) mass is 269 g/mol. The fraction of sp³-hybridized carbons (Fsp3) is 0.636. The van der Waals surface area contributed by atoms with E-state index in [9.17, 15) is 10.1 Å². The Morgan fingerprint density at radius 1 is 1.32 bits per heavy atom. The van der Waals surface area contributed by atoms with Gasteiger partial charge >= 0.3 is 5.69 Å². The average Bonchev–Trinajstić information content (AvgIpc) is 2.37. The summed E-state index contributed by atoms with van der Waals surface area (Å²) in [4.78, 5) is 18.6. The molecule has 1 heterocycles. The third-order valence-corrected chi connectivity index (χ3v) is 2.59. The number of nitrogens with one attached hydrogen (secondary N) is 2. The molecule has 1 rings (SSSR count). The van der Waals surface area contributed by atoms with E-state index in [1.807, 2.05) is 0 Å². The van der Waals surface area contributed by atoms with Crippen molar-refractivity contribution in [1.29, 1.82) is 0 Å². The summed E-state index contributed by atoms with van der Waals surface area (Å²) in [6, 6.07) is 0. The molecular weight excluding hydrogens is 250 g/mol. The lowest BCUT2D eigenvalue weighted by atomic mass is 10.2. The molecule has 0 aliphatic rings. The van der Waals surface area contributed by atoms with E-state index in [1.165, 1.54) is 0 Å². The molecule has 0 bridgehead atoms. The first-order valence-corrected chi connectivity index (χ1v) is 6.15. The summed E-state index contributed by atoms with van der Waals surface area (Å²) in [5.41, 5.74) is 0.225. The number of unbranched alkanes of at least 4 members (excludes halogenated alkanes) is 2. The zero-order valence-electron chi connectivity index (χ0n) is 11.1. The minimum Gasteiger partial charge on any atom is -0.396 e. The number of aliphatic hydroxyl groups is 1. The Bertz CT molecular complexity index is 439. The van der Waals surface area contributed by atoms with Crippen LogP contribution < -0.4 is 10.6 Å². The molecule has 0 unspecified atom stereocenters. The van der Waals surface area contributed by atoms with Crippen molar-refractivity contribution < 1.29 is 10.0 Å². The van der Waals surface area contributed by atoms with Crippen molar-refractivity contribution in [3.63, 3.8) is 0 Å². The van der Waals surface area contributed by atoms with Crippen molar-refractivity contribution >= 4 is 17.5 Å². The SMILES string of the molecule is CNc1nc(C)c([N+](=O)[O-])c(NCCCCCO)n1. The molecule has 0 aliphatic heterocycles. The lowest BCUT2D eigenvalue weighted by molar-refractivity contribution is -0.385.